The second-order valence-electron chi connectivity index (χ2n) is 21.5. The third kappa shape index (κ3) is 25.3. The maximum atomic E-state index is 12.7. The summed E-state index contributed by atoms with van der Waals surface area (Å²) in [7, 11) is 0. The van der Waals surface area contributed by atoms with Crippen molar-refractivity contribution in [2.75, 3.05) is 83.9 Å². The number of nitrogens with zero attached hydrogens (tertiary/aromatic N) is 6. The van der Waals surface area contributed by atoms with E-state index < -0.39 is 41.1 Å². The van der Waals surface area contributed by atoms with E-state index in [0.29, 0.717) is 77.4 Å². The average Bonchev–Trinajstić information content (AvgIpc) is 1.64. The van der Waals surface area contributed by atoms with Gasteiger partial charge in [0.25, 0.3) is 0 Å². The van der Waals surface area contributed by atoms with Gasteiger partial charge >= 0.3 is 36.3 Å². The predicted molar refractivity (Wildman–Crippen MR) is 360 cm³/mol. The van der Waals surface area contributed by atoms with Gasteiger partial charge < -0.3 is 44.9 Å². The Morgan fingerprint density at radius 3 is 1.41 bits per heavy atom. The van der Waals surface area contributed by atoms with E-state index in [2.05, 4.69) is 59.0 Å². The Labute approximate surface area is 589 Å². The number of hydrogen-bond acceptors (Lipinski definition) is 15. The highest BCUT2D eigenvalue weighted by molar-refractivity contribution is 9.10. The lowest BCUT2D eigenvalue weighted by molar-refractivity contribution is -0.186. The summed E-state index contributed by atoms with van der Waals surface area (Å²) in [6, 6.07) is 23.1. The van der Waals surface area contributed by atoms with Crippen molar-refractivity contribution in [2.24, 2.45) is 5.73 Å². The van der Waals surface area contributed by atoms with Crippen LogP contribution < -0.4 is 25.3 Å². The second kappa shape index (κ2) is 38.4. The van der Waals surface area contributed by atoms with E-state index in [1.165, 1.54) is 42.1 Å². The Kier molecular flexibility index (Phi) is 32.7. The molecule has 94 heavy (non-hydrogen) atoms. The minimum Gasteiger partial charge on any atom is -0.494 e. The minimum absolute atomic E-state index is 0. The number of nitrogens with one attached hydrogen (secondary N) is 1. The van der Waals surface area contributed by atoms with Crippen LogP contribution in [-0.2, 0) is 49.9 Å². The number of nitrogens with two attached hydrogens (primary N) is 1. The Morgan fingerprint density at radius 1 is 0.628 bits per heavy atom. The van der Waals surface area contributed by atoms with Gasteiger partial charge in [0.1, 0.15) is 43.8 Å². The molecule has 0 radical (unpaired) electrons. The van der Waals surface area contributed by atoms with Gasteiger partial charge in [0.2, 0.25) is 0 Å². The average molecular weight is 1620 g/mol. The molecule has 0 aliphatic carbocycles. The van der Waals surface area contributed by atoms with Crippen molar-refractivity contribution in [2.45, 2.75) is 112 Å². The lowest BCUT2D eigenvalue weighted by Gasteiger charge is -2.29. The number of amides is 3. The quantitative estimate of drug-likeness (QED) is 0.0411. The molecule has 0 spiro atoms. The molecule has 5 aliphatic rings. The number of rotatable bonds is 16. The fourth-order valence-electron chi connectivity index (χ4n) is 9.58. The van der Waals surface area contributed by atoms with E-state index >= 15 is 0 Å². The molecular formula is C61H70Br3Cl2F9N8O8S3. The first-order valence-electron chi connectivity index (χ1n) is 29.5. The molecule has 33 heteroatoms. The molecule has 10 rings (SSSR count). The van der Waals surface area contributed by atoms with Gasteiger partial charge in [0.15, 0.2) is 0 Å². The molecular weight excluding hydrogens is 1550 g/mol. The molecule has 2 aromatic heterocycles. The Morgan fingerprint density at radius 2 is 1.04 bits per heavy atom. The van der Waals surface area contributed by atoms with Gasteiger partial charge in [-0.25, -0.2) is 9.97 Å². The van der Waals surface area contributed by atoms with Gasteiger partial charge in [-0.1, -0.05) is 44.1 Å². The maximum Gasteiger partial charge on any atom is 0.471 e. The smallest absolute Gasteiger partial charge is 0.471 e. The SMILES string of the molecule is Br.CC1CCCN1CCCOc1ccc(-c2nc3c(s2)CN(C(=O)C(F)(F)F)CC3)cc1.NC(=S)c1ccc(OCCCCl)cc1.O=C(N1CCc2nc(-c3ccc(OCCCCl)cc3)sc2C1)C(F)(F)F.O=C1CCN(C(=O)C(F)(F)F)CC1Br.O=C1CCNCC1Br. The number of halogens is 14. The molecule has 0 bridgehead atoms. The number of carbonyl (C=O) groups excluding carboxylic acids is 5. The summed E-state index contributed by atoms with van der Waals surface area (Å²) in [5, 5.41) is 4.57. The van der Waals surface area contributed by atoms with Crippen molar-refractivity contribution < 1.29 is 77.7 Å². The van der Waals surface area contributed by atoms with Crippen LogP contribution in [-0.4, -0.2) is 182 Å². The number of alkyl halides is 13. The van der Waals surface area contributed by atoms with Gasteiger partial charge in [-0.15, -0.1) is 62.9 Å². The highest BCUT2D eigenvalue weighted by Gasteiger charge is 2.46. The van der Waals surface area contributed by atoms with Crippen LogP contribution in [0.5, 0.6) is 17.2 Å². The van der Waals surface area contributed by atoms with Crippen LogP contribution in [0.4, 0.5) is 39.5 Å². The van der Waals surface area contributed by atoms with Gasteiger partial charge in [-0.3, -0.25) is 24.0 Å². The number of Topliss-reactive ketones (excluding diaryl/α,β-unsaturated/α-hetero) is 2. The van der Waals surface area contributed by atoms with Gasteiger partial charge in [0, 0.05) is 116 Å². The number of ether oxygens (including phenoxy) is 3. The lowest BCUT2D eigenvalue weighted by atomic mass is 10.1. The van der Waals surface area contributed by atoms with E-state index in [-0.39, 0.29) is 73.3 Å². The van der Waals surface area contributed by atoms with Gasteiger partial charge in [-0.2, -0.15) is 39.5 Å². The van der Waals surface area contributed by atoms with Crippen LogP contribution in [0.1, 0.15) is 78.6 Å². The number of fused-ring (bicyclic) bond motifs is 2. The third-order valence-electron chi connectivity index (χ3n) is 14.6. The number of aromatic nitrogens is 2. The zero-order chi connectivity index (χ0) is 68.0. The molecule has 3 aromatic carbocycles. The summed E-state index contributed by atoms with van der Waals surface area (Å²) in [6.07, 6.45) is -8.08. The highest BCUT2D eigenvalue weighted by Crippen LogP contribution is 2.36. The van der Waals surface area contributed by atoms with Crippen molar-refractivity contribution in [1.29, 1.82) is 0 Å². The number of thiocarbonyl (C=S) groups is 1. The van der Waals surface area contributed by atoms with Crippen molar-refractivity contribution >= 4 is 141 Å². The Bertz CT molecular complexity index is 3270. The Hall–Kier alpha value is -4.73. The lowest BCUT2D eigenvalue weighted by Crippen LogP contribution is -2.49. The maximum absolute atomic E-state index is 12.7. The number of carbonyl (C=O) groups is 5. The fourth-order valence-corrected chi connectivity index (χ4v) is 13.2. The van der Waals surface area contributed by atoms with Crippen LogP contribution in [0.15, 0.2) is 72.8 Å². The zero-order valence-electron chi connectivity index (χ0n) is 50.7. The molecule has 3 fully saturated rings. The molecule has 16 nitrogen and oxygen atoms in total. The van der Waals surface area contributed by atoms with E-state index in [1.54, 1.807) is 0 Å². The van der Waals surface area contributed by atoms with Crippen molar-refractivity contribution in [3.63, 3.8) is 0 Å². The first-order chi connectivity index (χ1) is 44.1. The molecule has 7 heterocycles. The van der Waals surface area contributed by atoms with E-state index in [9.17, 15) is 63.5 Å². The number of likely N-dealkylation sites (tertiary alicyclic amines) is 2. The fraction of sp³-hybridized carbons (Fsp3) is 0.508. The zero-order valence-corrected chi connectivity index (χ0v) is 59.6. The van der Waals surface area contributed by atoms with Crippen LogP contribution in [0.2, 0.25) is 0 Å². The number of benzene rings is 3. The van der Waals surface area contributed by atoms with Crippen LogP contribution in [0.25, 0.3) is 21.1 Å². The molecule has 0 saturated carbocycles. The number of hydrogen-bond donors (Lipinski definition) is 2. The molecule has 5 aromatic rings. The third-order valence-corrected chi connectivity index (χ3v) is 19.3. The van der Waals surface area contributed by atoms with Crippen LogP contribution in [0, 0.1) is 0 Å². The standard InChI is InChI=1S/C22H26F3N3O2S.C17H16ClF3N2O2S.C10H12ClNOS.C7H7BrF3NO2.C5H8BrNO.BrH/c1-15-4-2-10-27(15)11-3-13-30-17-7-5-16(6-8-17)20-26-18-9-12-28(14-19(18)31-20)21(29)22(23,24)25;18-7-1-9-25-12-4-2-11(3-5-12)15-22-13-6-8-23(10-14(13)26-15)16(24)17(19,20)21;11-6-1-7-13-9-4-2-8(3-5-9)10(12)14;8-4-3-12(2-1-5(4)13)6(14)7(9,10)11;6-4-3-7-2-1-5(4)8;/h5-8,15H,2-4,9-14H2,1H3;2-5H,1,6-10H2;2-5H,1,6-7H2,(H2,12,14);4H,1-3H2;4,7H,1-3H2;1H. The summed E-state index contributed by atoms with van der Waals surface area (Å²) < 4.78 is 129. The monoisotopic (exact) mass is 1620 g/mol. The first kappa shape index (κ1) is 80.0. The largest absolute Gasteiger partial charge is 0.494 e. The second-order valence-corrected chi connectivity index (χ2v) is 27.1. The van der Waals surface area contributed by atoms with E-state index in [1.807, 2.05) is 72.8 Å². The molecule has 3 unspecified atom stereocenters. The molecule has 5 aliphatic heterocycles. The summed E-state index contributed by atoms with van der Waals surface area (Å²) in [4.78, 5) is 70.5. The Balaban J connectivity index is 0.000000228. The summed E-state index contributed by atoms with van der Waals surface area (Å²) in [5.41, 5.74) is 9.61. The number of thiazole rings is 2. The van der Waals surface area contributed by atoms with E-state index in [4.69, 9.17) is 55.4 Å². The first-order valence-corrected chi connectivity index (χ1v) is 34.4. The van der Waals surface area contributed by atoms with Crippen molar-refractivity contribution in [3.05, 3.63) is 99.5 Å². The summed E-state index contributed by atoms with van der Waals surface area (Å²) >= 11 is 24.8. The van der Waals surface area contributed by atoms with Gasteiger partial charge in [-0.05, 0) is 118 Å². The van der Waals surface area contributed by atoms with Crippen molar-refractivity contribution in [3.8, 4) is 38.4 Å². The predicted octanol–water partition coefficient (Wildman–Crippen LogP) is 13.1. The number of piperidine rings is 2. The van der Waals surface area contributed by atoms with Crippen LogP contribution >= 0.6 is 107 Å². The minimum atomic E-state index is -4.85. The summed E-state index contributed by atoms with van der Waals surface area (Å²) in [6.45, 7) is 7.59. The molecule has 3 N–H and O–H groups in total. The molecule has 518 valence electrons. The van der Waals surface area contributed by atoms with Gasteiger partial charge in [0.05, 0.1) is 54.0 Å². The van der Waals surface area contributed by atoms with E-state index in [0.717, 1.165) is 109 Å². The summed E-state index contributed by atoms with van der Waals surface area (Å²) in [5.74, 6) is -1.82. The normalized spacial score (nSPS) is 18.0. The topological polar surface area (TPSA) is 190 Å². The number of ketones is 2. The van der Waals surface area contributed by atoms with Crippen molar-refractivity contribution in [1.82, 2.24) is 34.9 Å². The molecule has 3 atom stereocenters. The molecule has 3 saturated heterocycles. The van der Waals surface area contributed by atoms with Crippen LogP contribution in [0.3, 0.4) is 0 Å². The molecule has 3 amide bonds. The highest BCUT2D eigenvalue weighted by atomic mass is 79.9.